The normalized spacial score (nSPS) is 10.9. The number of benzene rings is 1. The van der Waals surface area contributed by atoms with Gasteiger partial charge in [0, 0.05) is 17.8 Å². The summed E-state index contributed by atoms with van der Waals surface area (Å²) in [6, 6.07) is 4.70. The van der Waals surface area contributed by atoms with Gasteiger partial charge in [-0.3, -0.25) is 4.68 Å². The number of aryl methyl sites for hydroxylation is 1. The molecule has 3 nitrogen and oxygen atoms in total. The van der Waals surface area contributed by atoms with E-state index in [-0.39, 0.29) is 5.02 Å². The van der Waals surface area contributed by atoms with Gasteiger partial charge in [-0.05, 0) is 31.5 Å². The summed E-state index contributed by atoms with van der Waals surface area (Å²) in [5.41, 5.74) is 9.62. The van der Waals surface area contributed by atoms with Crippen LogP contribution >= 0.6 is 11.6 Å². The summed E-state index contributed by atoms with van der Waals surface area (Å²) >= 11 is 5.76. The first-order chi connectivity index (χ1) is 8.52. The Hall–Kier alpha value is -1.39. The molecule has 1 aromatic heterocycles. The fraction of sp³-hybridized carbons (Fsp3) is 0.308. The van der Waals surface area contributed by atoms with Gasteiger partial charge in [-0.15, -0.1) is 0 Å². The molecule has 0 aliphatic rings. The number of nitrogens with two attached hydrogens (primary N) is 1. The van der Waals surface area contributed by atoms with Crippen LogP contribution in [0.1, 0.15) is 22.5 Å². The SMILES string of the molecule is Cc1nn(Cc2ccc(F)c(Cl)c2)c(C)c1CN. The molecule has 2 aromatic rings. The van der Waals surface area contributed by atoms with Crippen LogP contribution in [0.25, 0.3) is 0 Å². The Bertz CT molecular complexity index is 578. The molecule has 0 bridgehead atoms. The molecule has 0 saturated heterocycles. The van der Waals surface area contributed by atoms with Crippen molar-refractivity contribution in [2.24, 2.45) is 5.73 Å². The summed E-state index contributed by atoms with van der Waals surface area (Å²) in [4.78, 5) is 0. The average molecular weight is 268 g/mol. The Morgan fingerprint density at radius 3 is 2.67 bits per heavy atom. The highest BCUT2D eigenvalue weighted by molar-refractivity contribution is 6.30. The maximum absolute atomic E-state index is 13.1. The van der Waals surface area contributed by atoms with Crippen molar-refractivity contribution in [2.75, 3.05) is 0 Å². The molecule has 2 rings (SSSR count). The lowest BCUT2D eigenvalue weighted by molar-refractivity contribution is 0.623. The van der Waals surface area contributed by atoms with Crippen LogP contribution in [-0.4, -0.2) is 9.78 Å². The van der Waals surface area contributed by atoms with E-state index in [9.17, 15) is 4.39 Å². The molecule has 0 aliphatic carbocycles. The Morgan fingerprint density at radius 1 is 1.39 bits per heavy atom. The first-order valence-corrected chi connectivity index (χ1v) is 6.07. The van der Waals surface area contributed by atoms with Gasteiger partial charge in [-0.25, -0.2) is 4.39 Å². The predicted molar refractivity (Wildman–Crippen MR) is 70.1 cm³/mol. The van der Waals surface area contributed by atoms with Crippen molar-refractivity contribution in [1.82, 2.24) is 9.78 Å². The maximum Gasteiger partial charge on any atom is 0.141 e. The van der Waals surface area contributed by atoms with E-state index in [1.807, 2.05) is 18.5 Å². The third-order valence-electron chi connectivity index (χ3n) is 3.05. The third kappa shape index (κ3) is 2.40. The van der Waals surface area contributed by atoms with Crippen LogP contribution < -0.4 is 5.73 Å². The van der Waals surface area contributed by atoms with Gasteiger partial charge in [0.05, 0.1) is 17.3 Å². The lowest BCUT2D eigenvalue weighted by atomic mass is 10.2. The summed E-state index contributed by atoms with van der Waals surface area (Å²) in [6.07, 6.45) is 0. The molecule has 0 saturated carbocycles. The average Bonchev–Trinajstić information content (AvgIpc) is 2.59. The quantitative estimate of drug-likeness (QED) is 0.929. The number of rotatable bonds is 3. The van der Waals surface area contributed by atoms with Gasteiger partial charge in [0.1, 0.15) is 5.82 Å². The van der Waals surface area contributed by atoms with Gasteiger partial charge in [0.15, 0.2) is 0 Å². The lowest BCUT2D eigenvalue weighted by Crippen LogP contribution is -2.05. The minimum atomic E-state index is -0.406. The second-order valence-corrected chi connectivity index (χ2v) is 4.67. The van der Waals surface area contributed by atoms with Crippen molar-refractivity contribution in [3.63, 3.8) is 0 Å². The van der Waals surface area contributed by atoms with E-state index in [0.29, 0.717) is 13.1 Å². The van der Waals surface area contributed by atoms with Crippen molar-refractivity contribution >= 4 is 11.6 Å². The van der Waals surface area contributed by atoms with Crippen molar-refractivity contribution in [2.45, 2.75) is 26.9 Å². The fourth-order valence-electron chi connectivity index (χ4n) is 1.99. The smallest absolute Gasteiger partial charge is 0.141 e. The largest absolute Gasteiger partial charge is 0.326 e. The zero-order valence-corrected chi connectivity index (χ0v) is 11.1. The first kappa shape index (κ1) is 13.1. The monoisotopic (exact) mass is 267 g/mol. The van der Waals surface area contributed by atoms with Gasteiger partial charge in [0.25, 0.3) is 0 Å². The molecule has 5 heteroatoms. The van der Waals surface area contributed by atoms with Crippen LogP contribution in [0.15, 0.2) is 18.2 Å². The van der Waals surface area contributed by atoms with Crippen LogP contribution in [0.2, 0.25) is 5.02 Å². The summed E-state index contributed by atoms with van der Waals surface area (Å²) in [6.45, 7) is 4.95. The van der Waals surface area contributed by atoms with E-state index < -0.39 is 5.82 Å². The number of hydrogen-bond acceptors (Lipinski definition) is 2. The van der Waals surface area contributed by atoms with E-state index >= 15 is 0 Å². The molecule has 96 valence electrons. The highest BCUT2D eigenvalue weighted by atomic mass is 35.5. The van der Waals surface area contributed by atoms with Crippen molar-refractivity contribution in [1.29, 1.82) is 0 Å². The molecule has 2 N–H and O–H groups in total. The van der Waals surface area contributed by atoms with E-state index in [1.165, 1.54) is 6.07 Å². The summed E-state index contributed by atoms with van der Waals surface area (Å²) in [5.74, 6) is -0.406. The van der Waals surface area contributed by atoms with E-state index in [0.717, 1.165) is 22.5 Å². The lowest BCUT2D eigenvalue weighted by Gasteiger charge is -2.06. The zero-order valence-electron chi connectivity index (χ0n) is 10.4. The molecule has 0 aliphatic heterocycles. The third-order valence-corrected chi connectivity index (χ3v) is 3.34. The van der Waals surface area contributed by atoms with Crippen LogP contribution in [0, 0.1) is 19.7 Å². The molecule has 0 fully saturated rings. The molecule has 0 radical (unpaired) electrons. The van der Waals surface area contributed by atoms with E-state index in [1.54, 1.807) is 12.1 Å². The van der Waals surface area contributed by atoms with Gasteiger partial charge in [-0.2, -0.15) is 5.10 Å². The first-order valence-electron chi connectivity index (χ1n) is 5.69. The Labute approximate surface area is 110 Å². The highest BCUT2D eigenvalue weighted by Crippen LogP contribution is 2.18. The number of hydrogen-bond donors (Lipinski definition) is 1. The van der Waals surface area contributed by atoms with E-state index in [2.05, 4.69) is 5.10 Å². The standard InChI is InChI=1S/C13H15ClFN3/c1-8-11(6-16)9(2)18(17-8)7-10-3-4-13(15)12(14)5-10/h3-5H,6-7,16H2,1-2H3. The van der Waals surface area contributed by atoms with Crippen LogP contribution in [0.3, 0.4) is 0 Å². The molecule has 0 spiro atoms. The fourth-order valence-corrected chi connectivity index (χ4v) is 2.20. The van der Waals surface area contributed by atoms with Crippen LogP contribution in [-0.2, 0) is 13.1 Å². The van der Waals surface area contributed by atoms with Crippen molar-refractivity contribution in [3.8, 4) is 0 Å². The molecular weight excluding hydrogens is 253 g/mol. The van der Waals surface area contributed by atoms with Gasteiger partial charge in [-0.1, -0.05) is 17.7 Å². The van der Waals surface area contributed by atoms with Gasteiger partial charge >= 0.3 is 0 Å². The molecule has 0 unspecified atom stereocenters. The number of nitrogens with zero attached hydrogens (tertiary/aromatic N) is 2. The Balaban J connectivity index is 2.31. The molecule has 0 amide bonds. The van der Waals surface area contributed by atoms with Gasteiger partial charge < -0.3 is 5.73 Å². The van der Waals surface area contributed by atoms with E-state index in [4.69, 9.17) is 17.3 Å². The Morgan fingerprint density at radius 2 is 2.11 bits per heavy atom. The number of aromatic nitrogens is 2. The summed E-state index contributed by atoms with van der Waals surface area (Å²) in [5, 5.41) is 4.56. The number of halogens is 2. The maximum atomic E-state index is 13.1. The summed E-state index contributed by atoms with van der Waals surface area (Å²) in [7, 11) is 0. The minimum Gasteiger partial charge on any atom is -0.326 e. The van der Waals surface area contributed by atoms with Crippen molar-refractivity contribution < 1.29 is 4.39 Å². The molecule has 18 heavy (non-hydrogen) atoms. The molecule has 0 atom stereocenters. The summed E-state index contributed by atoms with van der Waals surface area (Å²) < 4.78 is 14.9. The minimum absolute atomic E-state index is 0.132. The van der Waals surface area contributed by atoms with Gasteiger partial charge in [0.2, 0.25) is 0 Å². The predicted octanol–water partition coefficient (Wildman–Crippen LogP) is 2.80. The highest BCUT2D eigenvalue weighted by Gasteiger charge is 2.10. The topological polar surface area (TPSA) is 43.8 Å². The second-order valence-electron chi connectivity index (χ2n) is 4.26. The molecular formula is C13H15ClFN3. The Kier molecular flexibility index (Phi) is 3.68. The zero-order chi connectivity index (χ0) is 13.3. The second kappa shape index (κ2) is 5.08. The molecule has 1 aromatic carbocycles. The van der Waals surface area contributed by atoms with Crippen molar-refractivity contribution in [3.05, 3.63) is 51.6 Å². The molecule has 1 heterocycles. The van der Waals surface area contributed by atoms with Crippen LogP contribution in [0.5, 0.6) is 0 Å². The van der Waals surface area contributed by atoms with Crippen LogP contribution in [0.4, 0.5) is 4.39 Å².